The van der Waals surface area contributed by atoms with Crippen LogP contribution in [0.25, 0.3) is 0 Å². The van der Waals surface area contributed by atoms with Crippen LogP contribution in [0.15, 0.2) is 12.3 Å². The summed E-state index contributed by atoms with van der Waals surface area (Å²) in [6.07, 6.45) is -0.756. The zero-order valence-corrected chi connectivity index (χ0v) is 14.9. The Balaban J connectivity index is 1.54. The summed E-state index contributed by atoms with van der Waals surface area (Å²) in [4.78, 5) is 11.8. The highest BCUT2D eigenvalue weighted by Crippen LogP contribution is 2.46. The quantitative estimate of drug-likeness (QED) is 0.740. The summed E-state index contributed by atoms with van der Waals surface area (Å²) >= 11 is 5.92. The van der Waals surface area contributed by atoms with E-state index in [1.54, 1.807) is 12.3 Å². The van der Waals surface area contributed by atoms with Crippen molar-refractivity contribution in [1.29, 1.82) is 0 Å². The molecule has 2 aromatic rings. The summed E-state index contributed by atoms with van der Waals surface area (Å²) in [5.41, 5.74) is 0.248. The molecular weight excluding hydrogens is 371 g/mol. The number of aryl methyl sites for hydroxylation is 2. The van der Waals surface area contributed by atoms with Gasteiger partial charge in [0.2, 0.25) is 5.91 Å². The lowest BCUT2D eigenvalue weighted by Crippen LogP contribution is -2.29. The predicted octanol–water partition coefficient (Wildman–Crippen LogP) is 3.14. The summed E-state index contributed by atoms with van der Waals surface area (Å²) in [6, 6.07) is 1.80. The maximum absolute atomic E-state index is 13.0. The van der Waals surface area contributed by atoms with E-state index < -0.39 is 11.9 Å². The van der Waals surface area contributed by atoms with Crippen LogP contribution in [0, 0.1) is 6.92 Å². The van der Waals surface area contributed by atoms with E-state index in [2.05, 4.69) is 15.5 Å². The second-order valence-electron chi connectivity index (χ2n) is 6.40. The van der Waals surface area contributed by atoms with Crippen molar-refractivity contribution < 1.29 is 18.0 Å². The van der Waals surface area contributed by atoms with Crippen LogP contribution in [-0.4, -0.2) is 32.0 Å². The lowest BCUT2D eigenvalue weighted by molar-refractivity contribution is -0.141. The molecule has 26 heavy (non-hydrogen) atoms. The number of rotatable bonds is 7. The summed E-state index contributed by atoms with van der Waals surface area (Å²) in [5, 5.41) is 10.2. The molecule has 3 rings (SSSR count). The molecule has 0 spiro atoms. The molecule has 2 aromatic heterocycles. The van der Waals surface area contributed by atoms with E-state index >= 15 is 0 Å². The van der Waals surface area contributed by atoms with Gasteiger partial charge in [-0.05, 0) is 32.3 Å². The van der Waals surface area contributed by atoms with Gasteiger partial charge in [0.05, 0.1) is 16.4 Å². The molecule has 0 aromatic carbocycles. The van der Waals surface area contributed by atoms with Crippen molar-refractivity contribution in [1.82, 2.24) is 24.9 Å². The van der Waals surface area contributed by atoms with Gasteiger partial charge in [0.25, 0.3) is 0 Å². The molecule has 1 amide bonds. The van der Waals surface area contributed by atoms with Crippen molar-refractivity contribution in [3.05, 3.63) is 34.4 Å². The molecule has 0 radical (unpaired) electrons. The van der Waals surface area contributed by atoms with Gasteiger partial charge in [0.15, 0.2) is 5.69 Å². The van der Waals surface area contributed by atoms with Crippen molar-refractivity contribution in [2.75, 3.05) is 6.54 Å². The highest BCUT2D eigenvalue weighted by atomic mass is 35.5. The molecule has 1 fully saturated rings. The molecule has 10 heteroatoms. The van der Waals surface area contributed by atoms with Crippen LogP contribution in [0.3, 0.4) is 0 Å². The molecule has 1 saturated carbocycles. The number of halogens is 4. The Labute approximate surface area is 153 Å². The smallest absolute Gasteiger partial charge is 0.354 e. The van der Waals surface area contributed by atoms with Crippen LogP contribution < -0.4 is 5.32 Å². The molecular formula is C16H19ClF3N5O. The standard InChI is InChI=1S/C16H19ClF3N5O/c1-10-5-8-24(22-10)9-12(26)21-6-2-7-25-14(11-3-4-11)13(17)15(23-25)16(18,19)20/h5,8,11H,2-4,6-7,9H2,1H3,(H,21,26). The Morgan fingerprint density at radius 2 is 2.12 bits per heavy atom. The van der Waals surface area contributed by atoms with Crippen molar-refractivity contribution in [2.24, 2.45) is 0 Å². The molecule has 2 heterocycles. The van der Waals surface area contributed by atoms with Crippen molar-refractivity contribution in [3.63, 3.8) is 0 Å². The number of carbonyl (C=O) groups excluding carboxylic acids is 1. The van der Waals surface area contributed by atoms with Crippen LogP contribution in [0.2, 0.25) is 5.02 Å². The van der Waals surface area contributed by atoms with Crippen LogP contribution >= 0.6 is 11.6 Å². The molecule has 0 saturated heterocycles. The molecule has 0 atom stereocenters. The van der Waals surface area contributed by atoms with Gasteiger partial charge in [-0.2, -0.15) is 23.4 Å². The maximum atomic E-state index is 13.0. The van der Waals surface area contributed by atoms with E-state index in [0.29, 0.717) is 18.7 Å². The first-order chi connectivity index (χ1) is 12.3. The second kappa shape index (κ2) is 7.30. The van der Waals surface area contributed by atoms with E-state index in [1.165, 1.54) is 9.36 Å². The van der Waals surface area contributed by atoms with E-state index in [1.807, 2.05) is 6.92 Å². The summed E-state index contributed by atoms with van der Waals surface area (Å²) in [6.45, 7) is 2.54. The SMILES string of the molecule is Cc1ccn(CC(=O)NCCCn2nc(C(F)(F)F)c(Cl)c2C2CC2)n1. The lowest BCUT2D eigenvalue weighted by atomic mass is 10.2. The molecule has 1 aliphatic rings. The van der Waals surface area contributed by atoms with Gasteiger partial charge in [-0.1, -0.05) is 11.6 Å². The third-order valence-corrected chi connectivity index (χ3v) is 4.49. The number of hydrogen-bond acceptors (Lipinski definition) is 3. The minimum atomic E-state index is -4.57. The van der Waals surface area contributed by atoms with E-state index in [-0.39, 0.29) is 29.9 Å². The topological polar surface area (TPSA) is 64.7 Å². The number of hydrogen-bond donors (Lipinski definition) is 1. The summed E-state index contributed by atoms with van der Waals surface area (Å²) in [5.74, 6) is -0.159. The van der Waals surface area contributed by atoms with Gasteiger partial charge < -0.3 is 5.32 Å². The number of amides is 1. The highest BCUT2D eigenvalue weighted by molar-refractivity contribution is 6.32. The molecule has 142 valence electrons. The fourth-order valence-electron chi connectivity index (χ4n) is 2.76. The Hall–Kier alpha value is -2.03. The Bertz CT molecular complexity index is 794. The van der Waals surface area contributed by atoms with Gasteiger partial charge in [0, 0.05) is 25.2 Å². The second-order valence-corrected chi connectivity index (χ2v) is 6.78. The van der Waals surface area contributed by atoms with Crippen molar-refractivity contribution >= 4 is 17.5 Å². The van der Waals surface area contributed by atoms with Crippen LogP contribution in [-0.2, 0) is 24.1 Å². The zero-order chi connectivity index (χ0) is 18.9. The van der Waals surface area contributed by atoms with Crippen LogP contribution in [0.5, 0.6) is 0 Å². The number of aromatic nitrogens is 4. The predicted molar refractivity (Wildman–Crippen MR) is 88.8 cm³/mol. The van der Waals surface area contributed by atoms with Crippen LogP contribution in [0.4, 0.5) is 13.2 Å². The molecule has 0 aliphatic heterocycles. The van der Waals surface area contributed by atoms with Crippen LogP contribution in [0.1, 0.15) is 42.3 Å². The van der Waals surface area contributed by atoms with Gasteiger partial charge in [-0.3, -0.25) is 14.2 Å². The molecule has 0 unspecified atom stereocenters. The average molecular weight is 390 g/mol. The van der Waals surface area contributed by atoms with E-state index in [0.717, 1.165) is 18.5 Å². The number of carbonyl (C=O) groups is 1. The number of nitrogens with zero attached hydrogens (tertiary/aromatic N) is 4. The Kier molecular flexibility index (Phi) is 5.27. The first-order valence-corrected chi connectivity index (χ1v) is 8.73. The first kappa shape index (κ1) is 18.8. The Morgan fingerprint density at radius 3 is 2.69 bits per heavy atom. The summed E-state index contributed by atoms with van der Waals surface area (Å²) < 4.78 is 41.9. The number of alkyl halides is 3. The largest absolute Gasteiger partial charge is 0.436 e. The first-order valence-electron chi connectivity index (χ1n) is 8.36. The van der Waals surface area contributed by atoms with Gasteiger partial charge in [-0.15, -0.1) is 0 Å². The van der Waals surface area contributed by atoms with Crippen molar-refractivity contribution in [3.8, 4) is 0 Å². The van der Waals surface area contributed by atoms with E-state index in [4.69, 9.17) is 11.6 Å². The zero-order valence-electron chi connectivity index (χ0n) is 14.2. The molecule has 1 aliphatic carbocycles. The maximum Gasteiger partial charge on any atom is 0.436 e. The molecule has 1 N–H and O–H groups in total. The lowest BCUT2D eigenvalue weighted by Gasteiger charge is -2.08. The number of nitrogens with one attached hydrogen (secondary N) is 1. The van der Waals surface area contributed by atoms with E-state index in [9.17, 15) is 18.0 Å². The third kappa shape index (κ3) is 4.38. The van der Waals surface area contributed by atoms with Gasteiger partial charge in [0.1, 0.15) is 6.54 Å². The monoisotopic (exact) mass is 389 g/mol. The fourth-order valence-corrected chi connectivity index (χ4v) is 3.16. The molecule has 6 nitrogen and oxygen atoms in total. The fraction of sp³-hybridized carbons (Fsp3) is 0.562. The average Bonchev–Trinajstić information content (AvgIpc) is 3.20. The normalized spacial score (nSPS) is 14.7. The third-order valence-electron chi connectivity index (χ3n) is 4.11. The Morgan fingerprint density at radius 1 is 1.38 bits per heavy atom. The van der Waals surface area contributed by atoms with Gasteiger partial charge in [-0.25, -0.2) is 0 Å². The molecule has 0 bridgehead atoms. The van der Waals surface area contributed by atoms with Gasteiger partial charge >= 0.3 is 6.18 Å². The minimum Gasteiger partial charge on any atom is -0.354 e. The highest BCUT2D eigenvalue weighted by Gasteiger charge is 2.41. The minimum absolute atomic E-state index is 0.0451. The van der Waals surface area contributed by atoms with Crippen molar-refractivity contribution in [2.45, 2.75) is 51.4 Å². The summed E-state index contributed by atoms with van der Waals surface area (Å²) in [7, 11) is 0.